The molecule has 1 aromatic rings. The smallest absolute Gasteiger partial charge is 0.232 e. The Bertz CT molecular complexity index is 375. The Kier molecular flexibility index (Phi) is 7.08. The quantitative estimate of drug-likeness (QED) is 0.722. The highest BCUT2D eigenvalue weighted by Gasteiger charge is 2.15. The summed E-state index contributed by atoms with van der Waals surface area (Å²) in [6.07, 6.45) is 9.54. The maximum absolute atomic E-state index is 11.9. The maximum atomic E-state index is 11.9. The second-order valence-corrected chi connectivity index (χ2v) is 4.75. The van der Waals surface area contributed by atoms with Gasteiger partial charge in [0.15, 0.2) is 0 Å². The molecular weight excluding hydrogens is 238 g/mol. The van der Waals surface area contributed by atoms with Crippen LogP contribution in [-0.4, -0.2) is 22.4 Å². The number of hydrogen-bond acceptors (Lipinski definition) is 3. The predicted octanol–water partition coefficient (Wildman–Crippen LogP) is 3.36. The summed E-state index contributed by atoms with van der Waals surface area (Å²) in [7, 11) is 0. The fraction of sp³-hybridized carbons (Fsp3) is 0.667. The molecule has 1 aromatic heterocycles. The van der Waals surface area contributed by atoms with Gasteiger partial charge in [-0.3, -0.25) is 9.69 Å². The van der Waals surface area contributed by atoms with Gasteiger partial charge in [0.25, 0.3) is 0 Å². The highest BCUT2D eigenvalue weighted by Crippen LogP contribution is 2.11. The standard InChI is InChI=1S/C15H25N3O/c1-4-7-9-13-11-16-15(17-12-13)18(10-8-5-2)14(19)6-3/h11-12H,4-10H2,1-3H3. The van der Waals surface area contributed by atoms with Crippen molar-refractivity contribution in [1.29, 1.82) is 0 Å². The van der Waals surface area contributed by atoms with E-state index in [1.165, 1.54) is 6.42 Å². The molecule has 106 valence electrons. The number of nitrogens with zero attached hydrogens (tertiary/aromatic N) is 3. The molecule has 0 saturated heterocycles. The number of carbonyl (C=O) groups excluding carboxylic acids is 1. The van der Waals surface area contributed by atoms with Gasteiger partial charge in [0, 0.05) is 25.4 Å². The average molecular weight is 263 g/mol. The lowest BCUT2D eigenvalue weighted by Crippen LogP contribution is -2.32. The average Bonchev–Trinajstić information content (AvgIpc) is 2.46. The van der Waals surface area contributed by atoms with Gasteiger partial charge < -0.3 is 0 Å². The van der Waals surface area contributed by atoms with Crippen molar-refractivity contribution in [2.45, 2.75) is 59.3 Å². The van der Waals surface area contributed by atoms with Crippen LogP contribution in [0.2, 0.25) is 0 Å². The summed E-state index contributed by atoms with van der Waals surface area (Å²) in [4.78, 5) is 22.3. The van der Waals surface area contributed by atoms with Gasteiger partial charge in [-0.15, -0.1) is 0 Å². The second kappa shape index (κ2) is 8.62. The van der Waals surface area contributed by atoms with E-state index in [9.17, 15) is 4.79 Å². The van der Waals surface area contributed by atoms with Crippen molar-refractivity contribution in [3.8, 4) is 0 Å². The minimum atomic E-state index is 0.0924. The summed E-state index contributed by atoms with van der Waals surface area (Å²) in [5, 5.41) is 0. The van der Waals surface area contributed by atoms with Crippen LogP contribution in [0.5, 0.6) is 0 Å². The van der Waals surface area contributed by atoms with Crippen LogP contribution < -0.4 is 4.90 Å². The molecule has 1 amide bonds. The number of unbranched alkanes of at least 4 members (excludes halogenated alkanes) is 2. The van der Waals surface area contributed by atoms with Gasteiger partial charge in [-0.05, 0) is 24.8 Å². The summed E-state index contributed by atoms with van der Waals surface area (Å²) in [5.74, 6) is 0.635. The van der Waals surface area contributed by atoms with E-state index in [4.69, 9.17) is 0 Å². The molecule has 0 unspecified atom stereocenters. The highest BCUT2D eigenvalue weighted by molar-refractivity contribution is 5.91. The number of aryl methyl sites for hydroxylation is 1. The fourth-order valence-electron chi connectivity index (χ4n) is 1.84. The summed E-state index contributed by atoms with van der Waals surface area (Å²) in [6.45, 7) is 6.86. The topological polar surface area (TPSA) is 46.1 Å². The molecule has 0 aliphatic rings. The van der Waals surface area contributed by atoms with Crippen molar-refractivity contribution >= 4 is 11.9 Å². The first-order chi connectivity index (χ1) is 9.22. The number of hydrogen-bond donors (Lipinski definition) is 0. The second-order valence-electron chi connectivity index (χ2n) is 4.75. The van der Waals surface area contributed by atoms with E-state index >= 15 is 0 Å². The van der Waals surface area contributed by atoms with Crippen LogP contribution in [0.15, 0.2) is 12.4 Å². The van der Waals surface area contributed by atoms with Gasteiger partial charge in [-0.25, -0.2) is 9.97 Å². The summed E-state index contributed by atoms with van der Waals surface area (Å²) < 4.78 is 0. The first kappa shape index (κ1) is 15.6. The van der Waals surface area contributed by atoms with Gasteiger partial charge in [0.2, 0.25) is 11.9 Å². The number of anilines is 1. The fourth-order valence-corrected chi connectivity index (χ4v) is 1.84. The van der Waals surface area contributed by atoms with Crippen LogP contribution in [0.25, 0.3) is 0 Å². The molecule has 4 heteroatoms. The first-order valence-corrected chi connectivity index (χ1v) is 7.34. The molecule has 0 radical (unpaired) electrons. The molecule has 19 heavy (non-hydrogen) atoms. The minimum absolute atomic E-state index is 0.0924. The third-order valence-electron chi connectivity index (χ3n) is 3.09. The van der Waals surface area contributed by atoms with E-state index in [0.29, 0.717) is 18.9 Å². The maximum Gasteiger partial charge on any atom is 0.232 e. The van der Waals surface area contributed by atoms with Crippen molar-refractivity contribution in [1.82, 2.24) is 9.97 Å². The Labute approximate surface area is 116 Å². The molecule has 0 saturated carbocycles. The van der Waals surface area contributed by atoms with Crippen molar-refractivity contribution in [2.75, 3.05) is 11.4 Å². The third kappa shape index (κ3) is 4.97. The van der Waals surface area contributed by atoms with Crippen LogP contribution in [0.3, 0.4) is 0 Å². The molecule has 0 aliphatic carbocycles. The summed E-state index contributed by atoms with van der Waals surface area (Å²) in [6, 6.07) is 0. The Balaban J connectivity index is 2.75. The molecule has 1 rings (SSSR count). The van der Waals surface area contributed by atoms with Crippen LogP contribution in [-0.2, 0) is 11.2 Å². The zero-order valence-electron chi connectivity index (χ0n) is 12.4. The predicted molar refractivity (Wildman–Crippen MR) is 78.2 cm³/mol. The number of aromatic nitrogens is 2. The third-order valence-corrected chi connectivity index (χ3v) is 3.09. The van der Waals surface area contributed by atoms with E-state index in [0.717, 1.165) is 31.2 Å². The summed E-state index contributed by atoms with van der Waals surface area (Å²) in [5.41, 5.74) is 1.14. The molecule has 4 nitrogen and oxygen atoms in total. The Morgan fingerprint density at radius 1 is 1.11 bits per heavy atom. The van der Waals surface area contributed by atoms with Crippen LogP contribution >= 0.6 is 0 Å². The Morgan fingerprint density at radius 3 is 2.26 bits per heavy atom. The molecular formula is C15H25N3O. The van der Waals surface area contributed by atoms with E-state index in [-0.39, 0.29) is 5.91 Å². The molecule has 0 fully saturated rings. The van der Waals surface area contributed by atoms with E-state index in [2.05, 4.69) is 23.8 Å². The van der Waals surface area contributed by atoms with Crippen molar-refractivity contribution < 1.29 is 4.79 Å². The van der Waals surface area contributed by atoms with E-state index < -0.39 is 0 Å². The van der Waals surface area contributed by atoms with Gasteiger partial charge in [-0.2, -0.15) is 0 Å². The Hall–Kier alpha value is -1.45. The van der Waals surface area contributed by atoms with Crippen molar-refractivity contribution in [3.63, 3.8) is 0 Å². The molecule has 0 bridgehead atoms. The van der Waals surface area contributed by atoms with Gasteiger partial charge in [0.05, 0.1) is 0 Å². The van der Waals surface area contributed by atoms with Gasteiger partial charge in [-0.1, -0.05) is 33.6 Å². The zero-order valence-corrected chi connectivity index (χ0v) is 12.4. The number of amides is 1. The first-order valence-electron chi connectivity index (χ1n) is 7.34. The molecule has 1 heterocycles. The summed E-state index contributed by atoms with van der Waals surface area (Å²) >= 11 is 0. The van der Waals surface area contributed by atoms with Crippen molar-refractivity contribution in [3.05, 3.63) is 18.0 Å². The number of carbonyl (C=O) groups is 1. The highest BCUT2D eigenvalue weighted by atomic mass is 16.2. The zero-order chi connectivity index (χ0) is 14.1. The monoisotopic (exact) mass is 263 g/mol. The van der Waals surface area contributed by atoms with Crippen LogP contribution in [0.4, 0.5) is 5.95 Å². The molecule has 0 aliphatic heterocycles. The molecule has 0 N–H and O–H groups in total. The minimum Gasteiger partial charge on any atom is -0.281 e. The largest absolute Gasteiger partial charge is 0.281 e. The van der Waals surface area contributed by atoms with Crippen molar-refractivity contribution in [2.24, 2.45) is 0 Å². The van der Waals surface area contributed by atoms with Crippen LogP contribution in [0, 0.1) is 0 Å². The number of rotatable bonds is 8. The van der Waals surface area contributed by atoms with E-state index in [1.54, 1.807) is 4.90 Å². The lowest BCUT2D eigenvalue weighted by atomic mass is 10.2. The SMILES string of the molecule is CCCCc1cnc(N(CCCC)C(=O)CC)nc1. The van der Waals surface area contributed by atoms with E-state index in [1.807, 2.05) is 19.3 Å². The Morgan fingerprint density at radius 2 is 1.74 bits per heavy atom. The molecule has 0 spiro atoms. The van der Waals surface area contributed by atoms with Crippen LogP contribution in [0.1, 0.15) is 58.4 Å². The van der Waals surface area contributed by atoms with Gasteiger partial charge in [0.1, 0.15) is 0 Å². The molecule has 0 atom stereocenters. The lowest BCUT2D eigenvalue weighted by molar-refractivity contribution is -0.118. The molecule has 0 aromatic carbocycles. The van der Waals surface area contributed by atoms with Gasteiger partial charge >= 0.3 is 0 Å². The normalized spacial score (nSPS) is 10.5. The lowest BCUT2D eigenvalue weighted by Gasteiger charge is -2.19.